The quantitative estimate of drug-likeness (QED) is 0.599. The van der Waals surface area contributed by atoms with Crippen LogP contribution in [0.25, 0.3) is 0 Å². The van der Waals surface area contributed by atoms with Crippen LogP contribution in [0.15, 0.2) is 23.9 Å². The molecule has 1 heteroatoms. The summed E-state index contributed by atoms with van der Waals surface area (Å²) in [7, 11) is 1.97. The van der Waals surface area contributed by atoms with Gasteiger partial charge in [0.25, 0.3) is 0 Å². The van der Waals surface area contributed by atoms with Gasteiger partial charge in [0.1, 0.15) is 0 Å². The third kappa shape index (κ3) is 3.26. The fraction of sp³-hybridized carbons (Fsp3) is 0.600. The number of allylic oxidation sites excluding steroid dienone is 3. The Bertz CT molecular complexity index is 139. The van der Waals surface area contributed by atoms with Crippen LogP contribution in [0.3, 0.4) is 0 Å². The van der Waals surface area contributed by atoms with Crippen molar-refractivity contribution in [3.05, 3.63) is 23.9 Å². The monoisotopic (exact) mass is 153 g/mol. The van der Waals surface area contributed by atoms with Gasteiger partial charge >= 0.3 is 0 Å². The Morgan fingerprint density at radius 3 is 2.36 bits per heavy atom. The molecule has 0 aliphatic heterocycles. The molecule has 0 bridgehead atoms. The molecule has 0 rings (SSSR count). The van der Waals surface area contributed by atoms with Crippen LogP contribution >= 0.6 is 0 Å². The van der Waals surface area contributed by atoms with Gasteiger partial charge in [-0.05, 0) is 18.4 Å². The summed E-state index contributed by atoms with van der Waals surface area (Å²) in [6, 6.07) is 0. The second-order valence-corrected chi connectivity index (χ2v) is 2.56. The first-order chi connectivity index (χ1) is 5.29. The maximum Gasteiger partial charge on any atom is 0.0134 e. The lowest BCUT2D eigenvalue weighted by atomic mass is 10.1. The minimum absolute atomic E-state index is 1.07. The number of rotatable bonds is 5. The van der Waals surface area contributed by atoms with Crippen LogP contribution < -0.4 is 5.32 Å². The van der Waals surface area contributed by atoms with Crippen LogP contribution in [-0.4, -0.2) is 7.05 Å². The Morgan fingerprint density at radius 1 is 1.45 bits per heavy atom. The Labute approximate surface area is 70.2 Å². The van der Waals surface area contributed by atoms with Crippen LogP contribution in [0.2, 0.25) is 0 Å². The maximum atomic E-state index is 3.80. The predicted octanol–water partition coefficient (Wildman–Crippen LogP) is 2.86. The van der Waals surface area contributed by atoms with Gasteiger partial charge in [0.05, 0.1) is 0 Å². The molecule has 1 nitrogen and oxygen atoms in total. The van der Waals surface area contributed by atoms with Gasteiger partial charge in [-0.2, -0.15) is 0 Å². The molecule has 0 unspecified atom stereocenters. The Kier molecular flexibility index (Phi) is 5.63. The first-order valence-electron chi connectivity index (χ1n) is 4.32. The van der Waals surface area contributed by atoms with Crippen molar-refractivity contribution < 1.29 is 0 Å². The molecule has 0 aliphatic rings. The Hall–Kier alpha value is -0.720. The Morgan fingerprint density at radius 2 is 2.09 bits per heavy atom. The van der Waals surface area contributed by atoms with E-state index in [-0.39, 0.29) is 0 Å². The van der Waals surface area contributed by atoms with Crippen molar-refractivity contribution in [2.75, 3.05) is 7.05 Å². The highest BCUT2D eigenvalue weighted by molar-refractivity contribution is 5.22. The zero-order valence-corrected chi connectivity index (χ0v) is 7.91. The molecule has 0 spiro atoms. The van der Waals surface area contributed by atoms with Gasteiger partial charge in [-0.15, -0.1) is 0 Å². The van der Waals surface area contributed by atoms with Gasteiger partial charge in [-0.25, -0.2) is 0 Å². The third-order valence-corrected chi connectivity index (χ3v) is 1.81. The molecule has 0 amide bonds. The zero-order valence-electron chi connectivity index (χ0n) is 7.91. The van der Waals surface area contributed by atoms with E-state index in [4.69, 9.17) is 0 Å². The van der Waals surface area contributed by atoms with E-state index in [0.29, 0.717) is 0 Å². The average molecular weight is 153 g/mol. The van der Waals surface area contributed by atoms with Crippen molar-refractivity contribution in [3.63, 3.8) is 0 Å². The van der Waals surface area contributed by atoms with Crippen LogP contribution in [0.1, 0.15) is 33.1 Å². The summed E-state index contributed by atoms with van der Waals surface area (Å²) in [4.78, 5) is 0. The summed E-state index contributed by atoms with van der Waals surface area (Å²) in [6.45, 7) is 8.14. The number of hydrogen-bond donors (Lipinski definition) is 1. The molecule has 0 aliphatic carbocycles. The van der Waals surface area contributed by atoms with Crippen molar-refractivity contribution in [1.29, 1.82) is 0 Å². The lowest BCUT2D eigenvalue weighted by Gasteiger charge is -2.08. The van der Waals surface area contributed by atoms with E-state index in [1.807, 2.05) is 13.1 Å². The lowest BCUT2D eigenvalue weighted by molar-refractivity contribution is 0.832. The molecule has 0 aromatic carbocycles. The van der Waals surface area contributed by atoms with E-state index in [2.05, 4.69) is 25.7 Å². The maximum absolute atomic E-state index is 3.80. The zero-order chi connectivity index (χ0) is 8.69. The largest absolute Gasteiger partial charge is 0.391 e. The SMILES string of the molecule is C=C/C(CCC)=C(/CC)NC. The average Bonchev–Trinajstić information content (AvgIpc) is 2.05. The lowest BCUT2D eigenvalue weighted by Crippen LogP contribution is -2.07. The van der Waals surface area contributed by atoms with Crippen LogP contribution in [0, 0.1) is 0 Å². The van der Waals surface area contributed by atoms with Gasteiger partial charge in [0.15, 0.2) is 0 Å². The summed E-state index contributed by atoms with van der Waals surface area (Å²) in [5.74, 6) is 0. The summed E-state index contributed by atoms with van der Waals surface area (Å²) >= 11 is 0. The van der Waals surface area contributed by atoms with E-state index in [9.17, 15) is 0 Å². The predicted molar refractivity (Wildman–Crippen MR) is 51.5 cm³/mol. The third-order valence-electron chi connectivity index (χ3n) is 1.81. The second-order valence-electron chi connectivity index (χ2n) is 2.56. The van der Waals surface area contributed by atoms with Crippen molar-refractivity contribution in [1.82, 2.24) is 5.32 Å². The van der Waals surface area contributed by atoms with E-state index in [0.717, 1.165) is 12.8 Å². The number of nitrogens with one attached hydrogen (secondary N) is 1. The van der Waals surface area contributed by atoms with Gasteiger partial charge < -0.3 is 5.32 Å². The molecule has 0 atom stereocenters. The molecule has 0 radical (unpaired) electrons. The molecule has 0 saturated carbocycles. The molecule has 1 N–H and O–H groups in total. The summed E-state index contributed by atoms with van der Waals surface area (Å²) in [6.07, 6.45) is 5.34. The Balaban J connectivity index is 4.34. The standard InChI is InChI=1S/C10H19N/c1-5-8-9(6-2)10(7-3)11-4/h6,11H,2,5,7-8H2,1,3-4H3/b10-9+. The minimum Gasteiger partial charge on any atom is -0.391 e. The fourth-order valence-electron chi connectivity index (χ4n) is 1.21. The van der Waals surface area contributed by atoms with Crippen molar-refractivity contribution in [2.45, 2.75) is 33.1 Å². The van der Waals surface area contributed by atoms with Crippen molar-refractivity contribution in [2.24, 2.45) is 0 Å². The highest BCUT2D eigenvalue weighted by Gasteiger charge is 1.97. The second kappa shape index (κ2) is 6.02. The summed E-state index contributed by atoms with van der Waals surface area (Å²) in [5, 5.41) is 3.20. The van der Waals surface area contributed by atoms with E-state index in [1.165, 1.54) is 17.7 Å². The normalized spacial score (nSPS) is 12.3. The molecule has 64 valence electrons. The molecular weight excluding hydrogens is 134 g/mol. The minimum atomic E-state index is 1.07. The summed E-state index contributed by atoms with van der Waals surface area (Å²) < 4.78 is 0. The first-order valence-corrected chi connectivity index (χ1v) is 4.32. The topological polar surface area (TPSA) is 12.0 Å². The first kappa shape index (κ1) is 10.3. The van der Waals surface area contributed by atoms with Crippen molar-refractivity contribution >= 4 is 0 Å². The molecule has 0 aromatic heterocycles. The van der Waals surface area contributed by atoms with Crippen molar-refractivity contribution in [3.8, 4) is 0 Å². The van der Waals surface area contributed by atoms with Gasteiger partial charge in [-0.3, -0.25) is 0 Å². The fourth-order valence-corrected chi connectivity index (χ4v) is 1.21. The number of hydrogen-bond acceptors (Lipinski definition) is 1. The smallest absolute Gasteiger partial charge is 0.0134 e. The van der Waals surface area contributed by atoms with Crippen LogP contribution in [-0.2, 0) is 0 Å². The van der Waals surface area contributed by atoms with Gasteiger partial charge in [-0.1, -0.05) is 32.9 Å². The van der Waals surface area contributed by atoms with Gasteiger partial charge in [0, 0.05) is 12.7 Å². The van der Waals surface area contributed by atoms with E-state index in [1.54, 1.807) is 0 Å². The molecular formula is C10H19N. The molecule has 11 heavy (non-hydrogen) atoms. The molecule has 0 heterocycles. The highest BCUT2D eigenvalue weighted by atomic mass is 14.8. The molecule has 0 aromatic rings. The summed E-state index contributed by atoms with van der Waals surface area (Å²) in [5.41, 5.74) is 2.68. The highest BCUT2D eigenvalue weighted by Crippen LogP contribution is 2.12. The van der Waals surface area contributed by atoms with Crippen LogP contribution in [0.4, 0.5) is 0 Å². The van der Waals surface area contributed by atoms with E-state index >= 15 is 0 Å². The van der Waals surface area contributed by atoms with Crippen LogP contribution in [0.5, 0.6) is 0 Å². The molecule has 0 fully saturated rings. The molecule has 0 saturated heterocycles. The van der Waals surface area contributed by atoms with Gasteiger partial charge in [0.2, 0.25) is 0 Å². The van der Waals surface area contributed by atoms with E-state index < -0.39 is 0 Å².